The predicted molar refractivity (Wildman–Crippen MR) is 98.8 cm³/mol. The number of aryl methyl sites for hydroxylation is 1. The Morgan fingerprint density at radius 1 is 1.24 bits per heavy atom. The van der Waals surface area contributed by atoms with E-state index in [1.807, 2.05) is 16.9 Å². The first-order valence-corrected chi connectivity index (χ1v) is 9.15. The second kappa shape index (κ2) is 7.12. The molecular formula is C19H29N5O. The van der Waals surface area contributed by atoms with E-state index >= 15 is 0 Å². The summed E-state index contributed by atoms with van der Waals surface area (Å²) >= 11 is 0. The number of nitrogens with zero attached hydrogens (tertiary/aromatic N) is 5. The van der Waals surface area contributed by atoms with Crippen LogP contribution in [0.15, 0.2) is 29.3 Å². The van der Waals surface area contributed by atoms with Crippen LogP contribution in [0.2, 0.25) is 0 Å². The minimum Gasteiger partial charge on any atom is -0.297 e. The summed E-state index contributed by atoms with van der Waals surface area (Å²) in [4.78, 5) is 14.7. The van der Waals surface area contributed by atoms with Gasteiger partial charge in [0.1, 0.15) is 0 Å². The molecule has 1 fully saturated rings. The highest BCUT2D eigenvalue weighted by Gasteiger charge is 2.26. The number of rotatable bonds is 5. The largest absolute Gasteiger partial charge is 0.297 e. The fraction of sp³-hybridized carbons (Fsp3) is 0.632. The standard InChI is InChI=1S/C19H29N5O/c1-15-12-20-23(13-15)11-10-22-9-5-6-16(22)14-24-18(25)8-7-17(21-24)19(2,3)4/h7-8,12-13,16H,5-6,9-11,14H2,1-4H3. The van der Waals surface area contributed by atoms with Crippen molar-refractivity contribution < 1.29 is 0 Å². The van der Waals surface area contributed by atoms with Crippen LogP contribution >= 0.6 is 0 Å². The number of hydrogen-bond donors (Lipinski definition) is 0. The molecule has 25 heavy (non-hydrogen) atoms. The fourth-order valence-corrected chi connectivity index (χ4v) is 3.40. The van der Waals surface area contributed by atoms with Crippen molar-refractivity contribution in [2.75, 3.05) is 13.1 Å². The summed E-state index contributed by atoms with van der Waals surface area (Å²) in [5.74, 6) is 0. The molecule has 136 valence electrons. The lowest BCUT2D eigenvalue weighted by Crippen LogP contribution is -2.39. The van der Waals surface area contributed by atoms with E-state index in [1.165, 1.54) is 12.0 Å². The van der Waals surface area contributed by atoms with Crippen molar-refractivity contribution in [2.24, 2.45) is 0 Å². The normalized spacial score (nSPS) is 18.8. The van der Waals surface area contributed by atoms with Gasteiger partial charge in [-0.1, -0.05) is 20.8 Å². The van der Waals surface area contributed by atoms with Gasteiger partial charge < -0.3 is 0 Å². The maximum atomic E-state index is 12.2. The molecule has 0 amide bonds. The Hall–Kier alpha value is -1.95. The van der Waals surface area contributed by atoms with Crippen LogP contribution in [-0.4, -0.2) is 43.6 Å². The molecule has 1 atom stereocenters. The minimum atomic E-state index is -0.0528. The van der Waals surface area contributed by atoms with Crippen LogP contribution < -0.4 is 5.56 Å². The average molecular weight is 343 g/mol. The summed E-state index contributed by atoms with van der Waals surface area (Å²) in [5.41, 5.74) is 2.09. The van der Waals surface area contributed by atoms with E-state index in [0.29, 0.717) is 12.6 Å². The molecule has 2 aromatic heterocycles. The molecule has 1 aliphatic rings. The van der Waals surface area contributed by atoms with E-state index in [2.05, 4.69) is 49.0 Å². The van der Waals surface area contributed by atoms with E-state index in [9.17, 15) is 4.79 Å². The molecule has 0 aliphatic carbocycles. The second-order valence-electron chi connectivity index (χ2n) is 8.10. The summed E-state index contributed by atoms with van der Waals surface area (Å²) in [6.07, 6.45) is 6.26. The predicted octanol–water partition coefficient (Wildman–Crippen LogP) is 2.21. The van der Waals surface area contributed by atoms with Gasteiger partial charge >= 0.3 is 0 Å². The molecule has 1 aliphatic heterocycles. The van der Waals surface area contributed by atoms with E-state index in [0.717, 1.165) is 31.7 Å². The zero-order chi connectivity index (χ0) is 18.0. The highest BCUT2D eigenvalue weighted by Crippen LogP contribution is 2.20. The van der Waals surface area contributed by atoms with Gasteiger partial charge in [-0.25, -0.2) is 4.68 Å². The van der Waals surface area contributed by atoms with E-state index < -0.39 is 0 Å². The van der Waals surface area contributed by atoms with Gasteiger partial charge in [-0.2, -0.15) is 10.2 Å². The Morgan fingerprint density at radius 2 is 2.04 bits per heavy atom. The van der Waals surface area contributed by atoms with Crippen molar-refractivity contribution in [2.45, 2.75) is 65.1 Å². The van der Waals surface area contributed by atoms with E-state index in [4.69, 9.17) is 0 Å². The Kier molecular flexibility index (Phi) is 5.08. The average Bonchev–Trinajstić information content (AvgIpc) is 3.15. The van der Waals surface area contributed by atoms with Crippen molar-refractivity contribution in [1.29, 1.82) is 0 Å². The third-order valence-corrected chi connectivity index (χ3v) is 4.90. The summed E-state index contributed by atoms with van der Waals surface area (Å²) in [7, 11) is 0. The van der Waals surface area contributed by atoms with Crippen LogP contribution in [0.25, 0.3) is 0 Å². The summed E-state index contributed by atoms with van der Waals surface area (Å²) < 4.78 is 3.65. The Morgan fingerprint density at radius 3 is 2.72 bits per heavy atom. The minimum absolute atomic E-state index is 0.0115. The number of aromatic nitrogens is 4. The zero-order valence-corrected chi connectivity index (χ0v) is 15.8. The molecule has 1 saturated heterocycles. The van der Waals surface area contributed by atoms with Crippen molar-refractivity contribution >= 4 is 0 Å². The Bertz CT molecular complexity index is 771. The van der Waals surface area contributed by atoms with Gasteiger partial charge in [0.05, 0.1) is 25.0 Å². The van der Waals surface area contributed by atoms with Crippen LogP contribution in [0.5, 0.6) is 0 Å². The maximum absolute atomic E-state index is 12.2. The Labute approximate surface area is 149 Å². The monoisotopic (exact) mass is 343 g/mol. The molecule has 6 nitrogen and oxygen atoms in total. The van der Waals surface area contributed by atoms with Gasteiger partial charge in [-0.15, -0.1) is 0 Å². The molecule has 3 heterocycles. The fourth-order valence-electron chi connectivity index (χ4n) is 3.40. The highest BCUT2D eigenvalue weighted by atomic mass is 16.1. The maximum Gasteiger partial charge on any atom is 0.266 e. The SMILES string of the molecule is Cc1cnn(CCN2CCCC2Cn2nc(C(C)(C)C)ccc2=O)c1. The molecular weight excluding hydrogens is 314 g/mol. The van der Waals surface area contributed by atoms with Crippen molar-refractivity contribution in [3.63, 3.8) is 0 Å². The molecule has 1 unspecified atom stereocenters. The number of likely N-dealkylation sites (tertiary alicyclic amines) is 1. The van der Waals surface area contributed by atoms with Gasteiger partial charge in [-0.3, -0.25) is 14.4 Å². The lowest BCUT2D eigenvalue weighted by molar-refractivity contribution is 0.213. The molecule has 0 bridgehead atoms. The molecule has 0 N–H and O–H groups in total. The first-order chi connectivity index (χ1) is 11.8. The first kappa shape index (κ1) is 17.9. The van der Waals surface area contributed by atoms with Crippen molar-refractivity contribution in [3.8, 4) is 0 Å². The smallest absolute Gasteiger partial charge is 0.266 e. The van der Waals surface area contributed by atoms with E-state index in [-0.39, 0.29) is 11.0 Å². The summed E-state index contributed by atoms with van der Waals surface area (Å²) in [6.45, 7) is 12.0. The summed E-state index contributed by atoms with van der Waals surface area (Å²) in [6, 6.07) is 3.88. The number of hydrogen-bond acceptors (Lipinski definition) is 4. The van der Waals surface area contributed by atoms with Crippen molar-refractivity contribution in [1.82, 2.24) is 24.5 Å². The zero-order valence-electron chi connectivity index (χ0n) is 15.8. The third-order valence-electron chi connectivity index (χ3n) is 4.90. The van der Waals surface area contributed by atoms with Crippen LogP contribution in [0, 0.1) is 6.92 Å². The first-order valence-electron chi connectivity index (χ1n) is 9.15. The highest BCUT2D eigenvalue weighted by molar-refractivity contribution is 5.10. The Balaban J connectivity index is 1.68. The molecule has 3 rings (SSSR count). The van der Waals surface area contributed by atoms with Gasteiger partial charge in [0.25, 0.3) is 5.56 Å². The molecule has 0 aromatic carbocycles. The lowest BCUT2D eigenvalue weighted by Gasteiger charge is -2.25. The third kappa shape index (κ3) is 4.37. The molecule has 0 saturated carbocycles. The van der Waals surface area contributed by atoms with Gasteiger partial charge in [0.2, 0.25) is 0 Å². The van der Waals surface area contributed by atoms with E-state index in [1.54, 1.807) is 10.7 Å². The molecule has 0 spiro atoms. The van der Waals surface area contributed by atoms with Crippen LogP contribution in [0.1, 0.15) is 44.9 Å². The van der Waals surface area contributed by atoms with Crippen molar-refractivity contribution in [3.05, 3.63) is 46.1 Å². The van der Waals surface area contributed by atoms with Gasteiger partial charge in [0, 0.05) is 30.3 Å². The molecule has 2 aromatic rings. The molecule has 0 radical (unpaired) electrons. The molecule has 6 heteroatoms. The van der Waals surface area contributed by atoms with Gasteiger partial charge in [-0.05, 0) is 37.9 Å². The topological polar surface area (TPSA) is 56.0 Å². The second-order valence-corrected chi connectivity index (χ2v) is 8.10. The van der Waals surface area contributed by atoms with Gasteiger partial charge in [0.15, 0.2) is 0 Å². The lowest BCUT2D eigenvalue weighted by atomic mass is 9.92. The quantitative estimate of drug-likeness (QED) is 0.835. The van der Waals surface area contributed by atoms with Crippen LogP contribution in [0.3, 0.4) is 0 Å². The van der Waals surface area contributed by atoms with Crippen LogP contribution in [0.4, 0.5) is 0 Å². The van der Waals surface area contributed by atoms with Crippen LogP contribution in [-0.2, 0) is 18.5 Å². The summed E-state index contributed by atoms with van der Waals surface area (Å²) in [5, 5.41) is 8.98.